The molecule has 0 heterocycles. The Balaban J connectivity index is 2.44. The molecule has 0 aromatic heterocycles. The molecule has 0 saturated heterocycles. The Hall–Kier alpha value is -1.00. The van der Waals surface area contributed by atoms with Crippen LogP contribution in [-0.4, -0.2) is 29.4 Å². The average Bonchev–Trinajstić information content (AvgIpc) is 2.32. The summed E-state index contributed by atoms with van der Waals surface area (Å²) in [7, 11) is 0. The number of aliphatic carboxylic acids is 1. The monoisotopic (exact) mass is 267 g/mol. The van der Waals surface area contributed by atoms with Crippen LogP contribution in [-0.2, 0) is 4.79 Å². The van der Waals surface area contributed by atoms with E-state index in [1.807, 2.05) is 6.92 Å². The lowest BCUT2D eigenvalue weighted by Crippen LogP contribution is -2.36. The van der Waals surface area contributed by atoms with Crippen LogP contribution in [0.1, 0.15) is 24.5 Å². The predicted molar refractivity (Wildman–Crippen MR) is 76.4 cm³/mol. The molecule has 4 heteroatoms. The molecule has 0 aliphatic rings. The lowest BCUT2D eigenvalue weighted by molar-refractivity contribution is -0.139. The van der Waals surface area contributed by atoms with Gasteiger partial charge in [0.1, 0.15) is 6.04 Å². The average molecular weight is 267 g/mol. The normalized spacial score (nSPS) is 12.4. The fourth-order valence-corrected chi connectivity index (χ4v) is 2.67. The van der Waals surface area contributed by atoms with Crippen LogP contribution in [0.5, 0.6) is 0 Å². The number of carboxylic acid groups (broad SMARTS) is 1. The third-order valence-corrected chi connectivity index (χ3v) is 3.93. The topological polar surface area (TPSA) is 49.3 Å². The first-order valence-corrected chi connectivity index (χ1v) is 7.19. The lowest BCUT2D eigenvalue weighted by atomic mass is 10.1. The zero-order chi connectivity index (χ0) is 13.5. The summed E-state index contributed by atoms with van der Waals surface area (Å²) in [5, 5.41) is 12.0. The largest absolute Gasteiger partial charge is 0.480 e. The number of carbonyl (C=O) groups is 1. The second-order valence-electron chi connectivity index (χ2n) is 4.33. The Bertz CT molecular complexity index is 407. The highest BCUT2D eigenvalue weighted by Gasteiger charge is 2.15. The van der Waals surface area contributed by atoms with Crippen molar-refractivity contribution in [1.29, 1.82) is 0 Å². The Morgan fingerprint density at radius 3 is 2.67 bits per heavy atom. The van der Waals surface area contributed by atoms with Gasteiger partial charge in [0, 0.05) is 10.6 Å². The fourth-order valence-electron chi connectivity index (χ4n) is 1.66. The molecule has 1 aromatic carbocycles. The van der Waals surface area contributed by atoms with Crippen LogP contribution >= 0.6 is 11.8 Å². The number of thioether (sulfide) groups is 1. The zero-order valence-corrected chi connectivity index (χ0v) is 12.0. The molecule has 0 radical (unpaired) electrons. The van der Waals surface area contributed by atoms with Crippen LogP contribution in [0.3, 0.4) is 0 Å². The SMILES string of the molecule is CCNC(CCSc1ccc(C)c(C)c1)C(=O)O. The van der Waals surface area contributed by atoms with E-state index in [0.29, 0.717) is 13.0 Å². The molecule has 1 rings (SSSR count). The van der Waals surface area contributed by atoms with Crippen molar-refractivity contribution in [1.82, 2.24) is 5.32 Å². The number of hydrogen-bond donors (Lipinski definition) is 2. The van der Waals surface area contributed by atoms with E-state index in [9.17, 15) is 4.79 Å². The smallest absolute Gasteiger partial charge is 0.320 e. The molecule has 0 fully saturated rings. The molecule has 1 aromatic rings. The molecule has 3 nitrogen and oxygen atoms in total. The van der Waals surface area contributed by atoms with Crippen molar-refractivity contribution in [3.63, 3.8) is 0 Å². The van der Waals surface area contributed by atoms with E-state index >= 15 is 0 Å². The van der Waals surface area contributed by atoms with Crippen LogP contribution in [0.2, 0.25) is 0 Å². The number of benzene rings is 1. The summed E-state index contributed by atoms with van der Waals surface area (Å²) in [6.45, 7) is 6.80. The minimum atomic E-state index is -0.766. The van der Waals surface area contributed by atoms with Gasteiger partial charge in [0.05, 0.1) is 0 Å². The summed E-state index contributed by atoms with van der Waals surface area (Å²) in [6.07, 6.45) is 0.640. The van der Waals surface area contributed by atoms with E-state index in [1.54, 1.807) is 11.8 Å². The quantitative estimate of drug-likeness (QED) is 0.746. The molecular weight excluding hydrogens is 246 g/mol. The van der Waals surface area contributed by atoms with Gasteiger partial charge in [-0.15, -0.1) is 11.8 Å². The Kier molecular flexibility index (Phi) is 6.22. The van der Waals surface area contributed by atoms with E-state index in [-0.39, 0.29) is 0 Å². The molecule has 0 spiro atoms. The number of aryl methyl sites for hydroxylation is 2. The van der Waals surface area contributed by atoms with E-state index in [0.717, 1.165) is 5.75 Å². The van der Waals surface area contributed by atoms with Gasteiger partial charge in [0.2, 0.25) is 0 Å². The van der Waals surface area contributed by atoms with E-state index < -0.39 is 12.0 Å². The molecule has 18 heavy (non-hydrogen) atoms. The third kappa shape index (κ3) is 4.70. The van der Waals surface area contributed by atoms with Crippen molar-refractivity contribution >= 4 is 17.7 Å². The van der Waals surface area contributed by atoms with Crippen molar-refractivity contribution in [3.8, 4) is 0 Å². The number of hydrogen-bond acceptors (Lipinski definition) is 3. The maximum absolute atomic E-state index is 11.0. The van der Waals surface area contributed by atoms with E-state index in [1.165, 1.54) is 16.0 Å². The summed E-state index contributed by atoms with van der Waals surface area (Å²) < 4.78 is 0. The van der Waals surface area contributed by atoms with Crippen LogP contribution < -0.4 is 5.32 Å². The van der Waals surface area contributed by atoms with Crippen molar-refractivity contribution in [2.24, 2.45) is 0 Å². The maximum atomic E-state index is 11.0. The number of rotatable bonds is 7. The van der Waals surface area contributed by atoms with Gasteiger partial charge in [-0.2, -0.15) is 0 Å². The molecule has 0 bridgehead atoms. The highest BCUT2D eigenvalue weighted by atomic mass is 32.2. The molecule has 0 aliphatic carbocycles. The Morgan fingerprint density at radius 1 is 1.39 bits per heavy atom. The summed E-state index contributed by atoms with van der Waals surface area (Å²) in [5.74, 6) is 0.0458. The molecule has 1 unspecified atom stereocenters. The molecule has 0 aliphatic heterocycles. The van der Waals surface area contributed by atoms with E-state index in [4.69, 9.17) is 5.11 Å². The molecule has 0 saturated carbocycles. The Morgan fingerprint density at radius 2 is 2.11 bits per heavy atom. The number of carboxylic acids is 1. The van der Waals surface area contributed by atoms with Gasteiger partial charge in [-0.1, -0.05) is 13.0 Å². The van der Waals surface area contributed by atoms with E-state index in [2.05, 4.69) is 37.4 Å². The summed E-state index contributed by atoms with van der Waals surface area (Å²) in [6, 6.07) is 5.92. The second kappa shape index (κ2) is 7.44. The van der Waals surface area contributed by atoms with Crippen molar-refractivity contribution in [2.45, 2.75) is 38.1 Å². The van der Waals surface area contributed by atoms with Gasteiger partial charge in [-0.25, -0.2) is 0 Å². The minimum Gasteiger partial charge on any atom is -0.480 e. The van der Waals surface area contributed by atoms with Gasteiger partial charge in [-0.05, 0) is 50.1 Å². The molecule has 1 atom stereocenters. The zero-order valence-electron chi connectivity index (χ0n) is 11.2. The Labute approximate surface area is 113 Å². The van der Waals surface area contributed by atoms with Gasteiger partial charge >= 0.3 is 5.97 Å². The van der Waals surface area contributed by atoms with Crippen LogP contribution in [0.25, 0.3) is 0 Å². The van der Waals surface area contributed by atoms with Crippen molar-refractivity contribution in [2.75, 3.05) is 12.3 Å². The maximum Gasteiger partial charge on any atom is 0.320 e. The molecule has 0 amide bonds. The lowest BCUT2D eigenvalue weighted by Gasteiger charge is -2.12. The summed E-state index contributed by atoms with van der Waals surface area (Å²) >= 11 is 1.71. The van der Waals surface area contributed by atoms with Crippen LogP contribution in [0.15, 0.2) is 23.1 Å². The highest BCUT2D eigenvalue weighted by Crippen LogP contribution is 2.22. The number of likely N-dealkylation sites (N-methyl/N-ethyl adjacent to an activating group) is 1. The van der Waals surface area contributed by atoms with Gasteiger partial charge in [0.15, 0.2) is 0 Å². The van der Waals surface area contributed by atoms with Gasteiger partial charge in [0.25, 0.3) is 0 Å². The first-order chi connectivity index (χ1) is 8.54. The first kappa shape index (κ1) is 15.1. The molecule has 100 valence electrons. The van der Waals surface area contributed by atoms with Crippen molar-refractivity contribution in [3.05, 3.63) is 29.3 Å². The summed E-state index contributed by atoms with van der Waals surface area (Å²) in [5.41, 5.74) is 2.57. The minimum absolute atomic E-state index is 0.436. The van der Waals surface area contributed by atoms with Crippen LogP contribution in [0.4, 0.5) is 0 Å². The second-order valence-corrected chi connectivity index (χ2v) is 5.50. The predicted octanol–water partition coefficient (Wildman–Crippen LogP) is 2.85. The first-order valence-electron chi connectivity index (χ1n) is 6.20. The third-order valence-electron chi connectivity index (χ3n) is 2.90. The summed E-state index contributed by atoms with van der Waals surface area (Å²) in [4.78, 5) is 12.2. The molecular formula is C14H21NO2S. The standard InChI is InChI=1S/C14H21NO2S/c1-4-15-13(14(16)17)7-8-18-12-6-5-10(2)11(3)9-12/h5-6,9,13,15H,4,7-8H2,1-3H3,(H,16,17). The fraction of sp³-hybridized carbons (Fsp3) is 0.500. The van der Waals surface area contributed by atoms with Crippen molar-refractivity contribution < 1.29 is 9.90 Å². The molecule has 2 N–H and O–H groups in total. The van der Waals surface area contributed by atoms with Gasteiger partial charge < -0.3 is 10.4 Å². The highest BCUT2D eigenvalue weighted by molar-refractivity contribution is 7.99. The van der Waals surface area contributed by atoms with Gasteiger partial charge in [-0.3, -0.25) is 4.79 Å². The van der Waals surface area contributed by atoms with Crippen LogP contribution in [0, 0.1) is 13.8 Å². The number of nitrogens with one attached hydrogen (secondary N) is 1.